The molecule has 8 unspecified atom stereocenters. The third kappa shape index (κ3) is 2.79. The summed E-state index contributed by atoms with van der Waals surface area (Å²) in [5.41, 5.74) is 0.223. The lowest BCUT2D eigenvalue weighted by Crippen LogP contribution is -2.49. The van der Waals surface area contributed by atoms with Crippen LogP contribution in [0.4, 0.5) is 8.78 Å². The van der Waals surface area contributed by atoms with Crippen molar-refractivity contribution < 1.29 is 13.6 Å². The van der Waals surface area contributed by atoms with Gasteiger partial charge in [-0.2, -0.15) is 0 Å². The molecule has 0 radical (unpaired) electrons. The van der Waals surface area contributed by atoms with Gasteiger partial charge >= 0.3 is 0 Å². The highest BCUT2D eigenvalue weighted by Gasteiger charge is 2.58. The molecule has 0 aliphatic heterocycles. The Bertz CT molecular complexity index is 518. The molecule has 4 fully saturated rings. The van der Waals surface area contributed by atoms with Crippen LogP contribution in [-0.2, 0) is 4.79 Å². The van der Waals surface area contributed by atoms with E-state index in [0.717, 1.165) is 43.9 Å². The largest absolute Gasteiger partial charge is 0.299 e. The highest BCUT2D eigenvalue weighted by molar-refractivity contribution is 5.81. The molecule has 0 bridgehead atoms. The summed E-state index contributed by atoms with van der Waals surface area (Å²) in [4.78, 5) is 12.5. The summed E-state index contributed by atoms with van der Waals surface area (Å²) in [6.45, 7) is 4.41. The fraction of sp³-hybridized carbons (Fsp3) is 0.955. The van der Waals surface area contributed by atoms with E-state index in [2.05, 4.69) is 6.92 Å². The maximum Gasteiger partial charge on any atom is 0.241 e. The lowest BCUT2D eigenvalue weighted by atomic mass is 9.49. The molecule has 4 rings (SSSR count). The molecule has 0 amide bonds. The highest BCUT2D eigenvalue weighted by Crippen LogP contribution is 2.64. The SMILES string of the molecule is CCC(=O)C1CCC2C3CCC4CC(C(F)F)CCC4C3CCC12C. The van der Waals surface area contributed by atoms with Crippen molar-refractivity contribution in [1.29, 1.82) is 0 Å². The van der Waals surface area contributed by atoms with E-state index in [1.54, 1.807) is 0 Å². The fourth-order valence-electron chi connectivity index (χ4n) is 7.89. The summed E-state index contributed by atoms with van der Waals surface area (Å²) < 4.78 is 26.3. The number of rotatable bonds is 3. The average Bonchev–Trinajstić information content (AvgIpc) is 2.97. The second-order valence-electron chi connectivity index (χ2n) is 9.84. The van der Waals surface area contributed by atoms with Gasteiger partial charge in [0.15, 0.2) is 0 Å². The Morgan fingerprint density at radius 3 is 2.48 bits per heavy atom. The van der Waals surface area contributed by atoms with Crippen molar-refractivity contribution >= 4 is 5.78 Å². The molecule has 0 aromatic heterocycles. The van der Waals surface area contributed by atoms with Gasteiger partial charge in [-0.05, 0) is 92.8 Å². The molecular formula is C22H34F2O. The van der Waals surface area contributed by atoms with E-state index in [0.29, 0.717) is 30.0 Å². The minimum Gasteiger partial charge on any atom is -0.299 e. The molecule has 3 heteroatoms. The lowest BCUT2D eigenvalue weighted by molar-refractivity contribution is -0.130. The van der Waals surface area contributed by atoms with Gasteiger partial charge in [-0.25, -0.2) is 8.78 Å². The second-order valence-corrected chi connectivity index (χ2v) is 9.84. The van der Waals surface area contributed by atoms with Crippen LogP contribution in [0.15, 0.2) is 0 Å². The smallest absolute Gasteiger partial charge is 0.241 e. The molecule has 25 heavy (non-hydrogen) atoms. The van der Waals surface area contributed by atoms with Gasteiger partial charge in [0.1, 0.15) is 5.78 Å². The van der Waals surface area contributed by atoms with Crippen LogP contribution in [0.25, 0.3) is 0 Å². The van der Waals surface area contributed by atoms with Crippen molar-refractivity contribution in [3.63, 3.8) is 0 Å². The number of carbonyl (C=O) groups is 1. The van der Waals surface area contributed by atoms with E-state index in [1.807, 2.05) is 6.92 Å². The average molecular weight is 353 g/mol. The second kappa shape index (κ2) is 6.60. The van der Waals surface area contributed by atoms with Crippen LogP contribution in [0.1, 0.15) is 78.1 Å². The molecular weight excluding hydrogens is 318 g/mol. The van der Waals surface area contributed by atoms with Gasteiger partial charge in [-0.15, -0.1) is 0 Å². The summed E-state index contributed by atoms with van der Waals surface area (Å²) in [5, 5.41) is 0. The van der Waals surface area contributed by atoms with Crippen molar-refractivity contribution in [3.8, 4) is 0 Å². The van der Waals surface area contributed by atoms with E-state index >= 15 is 0 Å². The first-order chi connectivity index (χ1) is 12.0. The standard InChI is InChI=1S/C22H34F2O/c1-3-20(25)19-9-8-18-17-7-4-13-12-14(21(23)24)5-6-15(13)16(17)10-11-22(18,19)2/h13-19,21H,3-12H2,1-2H3. The van der Waals surface area contributed by atoms with E-state index < -0.39 is 6.43 Å². The normalized spacial score (nSPS) is 49.4. The highest BCUT2D eigenvalue weighted by atomic mass is 19.3. The van der Waals surface area contributed by atoms with Gasteiger partial charge < -0.3 is 0 Å². The molecule has 8 atom stereocenters. The van der Waals surface area contributed by atoms with E-state index in [1.165, 1.54) is 25.7 Å². The molecule has 0 aromatic rings. The molecule has 0 heterocycles. The van der Waals surface area contributed by atoms with Crippen LogP contribution in [0.3, 0.4) is 0 Å². The minimum atomic E-state index is -2.12. The Morgan fingerprint density at radius 1 is 1.00 bits per heavy atom. The monoisotopic (exact) mass is 352 g/mol. The number of carbonyl (C=O) groups excluding carboxylic acids is 1. The molecule has 4 aliphatic carbocycles. The molecule has 0 N–H and O–H groups in total. The lowest BCUT2D eigenvalue weighted by Gasteiger charge is -2.56. The molecule has 4 aliphatic rings. The Kier molecular flexibility index (Phi) is 4.73. The zero-order valence-electron chi connectivity index (χ0n) is 15.9. The van der Waals surface area contributed by atoms with E-state index in [9.17, 15) is 13.6 Å². The van der Waals surface area contributed by atoms with Crippen molar-refractivity contribution in [2.45, 2.75) is 84.5 Å². The Morgan fingerprint density at radius 2 is 1.76 bits per heavy atom. The number of ketones is 1. The topological polar surface area (TPSA) is 17.1 Å². The first kappa shape index (κ1) is 17.9. The third-order valence-corrected chi connectivity index (χ3v) is 9.09. The van der Waals surface area contributed by atoms with Crippen LogP contribution in [0.5, 0.6) is 0 Å². The van der Waals surface area contributed by atoms with Crippen LogP contribution in [0, 0.1) is 46.8 Å². The number of halogens is 2. The van der Waals surface area contributed by atoms with E-state index in [-0.39, 0.29) is 17.3 Å². The van der Waals surface area contributed by atoms with Crippen molar-refractivity contribution in [2.24, 2.45) is 46.8 Å². The zero-order valence-corrected chi connectivity index (χ0v) is 15.9. The number of fused-ring (bicyclic) bond motifs is 5. The fourth-order valence-corrected chi connectivity index (χ4v) is 7.89. The van der Waals surface area contributed by atoms with Crippen LogP contribution in [0.2, 0.25) is 0 Å². The molecule has 0 aromatic carbocycles. The maximum atomic E-state index is 13.2. The van der Waals surface area contributed by atoms with Gasteiger partial charge in [-0.1, -0.05) is 13.8 Å². The van der Waals surface area contributed by atoms with Crippen molar-refractivity contribution in [3.05, 3.63) is 0 Å². The summed E-state index contributed by atoms with van der Waals surface area (Å²) in [6.07, 6.45) is 8.24. The Balaban J connectivity index is 1.50. The van der Waals surface area contributed by atoms with E-state index in [4.69, 9.17) is 0 Å². The Labute approximate surface area is 151 Å². The van der Waals surface area contributed by atoms with Crippen LogP contribution in [-0.4, -0.2) is 12.2 Å². The number of Topliss-reactive ketones (excluding diaryl/α,β-unsaturated/α-hetero) is 1. The molecule has 1 nitrogen and oxygen atoms in total. The van der Waals surface area contributed by atoms with Crippen molar-refractivity contribution in [1.82, 2.24) is 0 Å². The van der Waals surface area contributed by atoms with Gasteiger partial charge in [-0.3, -0.25) is 4.79 Å². The summed E-state index contributed by atoms with van der Waals surface area (Å²) in [5.74, 6) is 3.89. The molecule has 0 saturated heterocycles. The number of hydrogen-bond acceptors (Lipinski definition) is 1. The summed E-state index contributed by atoms with van der Waals surface area (Å²) in [6, 6.07) is 0. The summed E-state index contributed by atoms with van der Waals surface area (Å²) in [7, 11) is 0. The van der Waals surface area contributed by atoms with Gasteiger partial charge in [0.25, 0.3) is 0 Å². The van der Waals surface area contributed by atoms with Gasteiger partial charge in [0.2, 0.25) is 6.43 Å². The maximum absolute atomic E-state index is 13.2. The van der Waals surface area contributed by atoms with Gasteiger partial charge in [0, 0.05) is 18.3 Å². The number of alkyl halides is 2. The predicted molar refractivity (Wildman–Crippen MR) is 95.4 cm³/mol. The first-order valence-corrected chi connectivity index (χ1v) is 10.8. The minimum absolute atomic E-state index is 0.223. The molecule has 0 spiro atoms. The van der Waals surface area contributed by atoms with Crippen LogP contribution < -0.4 is 0 Å². The zero-order chi connectivity index (χ0) is 17.8. The quantitative estimate of drug-likeness (QED) is 0.598. The molecule has 142 valence electrons. The van der Waals surface area contributed by atoms with Gasteiger partial charge in [0.05, 0.1) is 0 Å². The summed E-state index contributed by atoms with van der Waals surface area (Å²) >= 11 is 0. The first-order valence-electron chi connectivity index (χ1n) is 10.8. The predicted octanol–water partition coefficient (Wildman–Crippen LogP) is 6.12. The third-order valence-electron chi connectivity index (χ3n) is 9.09. The Hall–Kier alpha value is -0.470. The molecule has 4 saturated carbocycles. The number of hydrogen-bond donors (Lipinski definition) is 0. The van der Waals surface area contributed by atoms with Crippen molar-refractivity contribution in [2.75, 3.05) is 0 Å². The van der Waals surface area contributed by atoms with Crippen LogP contribution >= 0.6 is 0 Å².